The van der Waals surface area contributed by atoms with Gasteiger partial charge in [0.15, 0.2) is 0 Å². The Hall–Kier alpha value is -1.78. The molecule has 3 rings (SSSR count). The molecule has 1 aliphatic rings. The van der Waals surface area contributed by atoms with E-state index in [2.05, 4.69) is 57.4 Å². The predicted molar refractivity (Wildman–Crippen MR) is 79.1 cm³/mol. The minimum absolute atomic E-state index is 0.385. The first kappa shape index (κ1) is 13.2. The van der Waals surface area contributed by atoms with Crippen LogP contribution in [-0.4, -0.2) is 34.0 Å². The summed E-state index contributed by atoms with van der Waals surface area (Å²) in [5.74, 6) is 0.891. The Kier molecular flexibility index (Phi) is 4.04. The van der Waals surface area contributed by atoms with Gasteiger partial charge in [0.1, 0.15) is 5.82 Å². The third kappa shape index (κ3) is 3.03. The summed E-state index contributed by atoms with van der Waals surface area (Å²) >= 11 is 0. The first-order chi connectivity index (χ1) is 9.83. The van der Waals surface area contributed by atoms with Gasteiger partial charge in [-0.3, -0.25) is 4.90 Å². The van der Waals surface area contributed by atoms with Gasteiger partial charge in [0, 0.05) is 37.6 Å². The molecule has 0 saturated carbocycles. The van der Waals surface area contributed by atoms with Crippen LogP contribution in [0.5, 0.6) is 0 Å². The highest BCUT2D eigenvalue weighted by atomic mass is 15.2. The Labute approximate surface area is 119 Å². The molecule has 20 heavy (non-hydrogen) atoms. The Balaban J connectivity index is 1.80. The zero-order valence-electron chi connectivity index (χ0n) is 11.7. The summed E-state index contributed by atoms with van der Waals surface area (Å²) in [5.41, 5.74) is 1.35. The standard InChI is InChI=1S/C16H20N4/c1-13-11-20(12-16-17-8-5-9-18-16)15(10-19-13)14-6-3-2-4-7-14/h2-9,13,15,19H,10-12H2,1H3. The fourth-order valence-corrected chi connectivity index (χ4v) is 2.76. The van der Waals surface area contributed by atoms with Crippen molar-refractivity contribution in [2.24, 2.45) is 0 Å². The van der Waals surface area contributed by atoms with Crippen LogP contribution in [0.3, 0.4) is 0 Å². The van der Waals surface area contributed by atoms with Crippen molar-refractivity contribution in [2.45, 2.75) is 25.6 Å². The summed E-state index contributed by atoms with van der Waals surface area (Å²) in [7, 11) is 0. The molecule has 2 aromatic rings. The van der Waals surface area contributed by atoms with Crippen LogP contribution < -0.4 is 5.32 Å². The van der Waals surface area contributed by atoms with E-state index >= 15 is 0 Å². The van der Waals surface area contributed by atoms with Crippen molar-refractivity contribution in [1.82, 2.24) is 20.2 Å². The minimum atomic E-state index is 0.385. The first-order valence-corrected chi connectivity index (χ1v) is 7.11. The van der Waals surface area contributed by atoms with Gasteiger partial charge in [-0.25, -0.2) is 9.97 Å². The van der Waals surface area contributed by atoms with Crippen molar-refractivity contribution < 1.29 is 0 Å². The van der Waals surface area contributed by atoms with Gasteiger partial charge in [0.05, 0.1) is 6.54 Å². The van der Waals surface area contributed by atoms with Crippen LogP contribution in [0.25, 0.3) is 0 Å². The lowest BCUT2D eigenvalue weighted by atomic mass is 10.0. The summed E-state index contributed by atoms with van der Waals surface area (Å²) in [6.07, 6.45) is 3.62. The van der Waals surface area contributed by atoms with E-state index in [0.29, 0.717) is 12.1 Å². The molecule has 1 aromatic carbocycles. The van der Waals surface area contributed by atoms with Crippen LogP contribution in [0, 0.1) is 0 Å². The molecule has 0 aliphatic carbocycles. The van der Waals surface area contributed by atoms with Crippen LogP contribution >= 0.6 is 0 Å². The zero-order valence-corrected chi connectivity index (χ0v) is 11.7. The number of nitrogens with zero attached hydrogens (tertiary/aromatic N) is 3. The molecule has 1 saturated heterocycles. The summed E-state index contributed by atoms with van der Waals surface area (Å²) in [6.45, 7) is 5.00. The van der Waals surface area contributed by atoms with Gasteiger partial charge in [-0.1, -0.05) is 30.3 Å². The number of nitrogens with one attached hydrogen (secondary N) is 1. The molecule has 0 radical (unpaired) electrons. The number of rotatable bonds is 3. The van der Waals surface area contributed by atoms with Gasteiger partial charge in [0.25, 0.3) is 0 Å². The SMILES string of the molecule is CC1CN(Cc2ncccn2)C(c2ccccc2)CN1. The summed E-state index contributed by atoms with van der Waals surface area (Å²) in [5, 5.41) is 3.56. The second-order valence-electron chi connectivity index (χ2n) is 5.33. The number of hydrogen-bond donors (Lipinski definition) is 1. The molecule has 0 spiro atoms. The smallest absolute Gasteiger partial charge is 0.142 e. The molecule has 2 unspecified atom stereocenters. The van der Waals surface area contributed by atoms with Crippen LogP contribution in [0.15, 0.2) is 48.8 Å². The molecule has 0 amide bonds. The molecule has 2 atom stereocenters. The van der Waals surface area contributed by atoms with Gasteiger partial charge in [-0.2, -0.15) is 0 Å². The Morgan fingerprint density at radius 3 is 2.65 bits per heavy atom. The van der Waals surface area contributed by atoms with Crippen molar-refractivity contribution in [3.8, 4) is 0 Å². The fourth-order valence-electron chi connectivity index (χ4n) is 2.76. The average Bonchev–Trinajstić information content (AvgIpc) is 2.49. The first-order valence-electron chi connectivity index (χ1n) is 7.11. The van der Waals surface area contributed by atoms with E-state index in [-0.39, 0.29) is 0 Å². The van der Waals surface area contributed by atoms with Crippen molar-refractivity contribution in [1.29, 1.82) is 0 Å². The second kappa shape index (κ2) is 6.11. The number of hydrogen-bond acceptors (Lipinski definition) is 4. The Bertz CT molecular complexity index is 529. The van der Waals surface area contributed by atoms with Crippen molar-refractivity contribution in [3.63, 3.8) is 0 Å². The molecule has 4 heteroatoms. The third-order valence-electron chi connectivity index (χ3n) is 3.76. The van der Waals surface area contributed by atoms with Crippen LogP contribution in [0.1, 0.15) is 24.4 Å². The van der Waals surface area contributed by atoms with Crippen LogP contribution in [0.4, 0.5) is 0 Å². The van der Waals surface area contributed by atoms with E-state index < -0.39 is 0 Å². The number of aromatic nitrogens is 2. The molecular weight excluding hydrogens is 248 g/mol. The predicted octanol–water partition coefficient (Wildman–Crippen LogP) is 2.01. The molecule has 1 aromatic heterocycles. The zero-order chi connectivity index (χ0) is 13.8. The van der Waals surface area contributed by atoms with Gasteiger partial charge in [0.2, 0.25) is 0 Å². The van der Waals surface area contributed by atoms with Crippen molar-refractivity contribution in [3.05, 3.63) is 60.2 Å². The van der Waals surface area contributed by atoms with E-state index in [1.165, 1.54) is 5.56 Å². The second-order valence-corrected chi connectivity index (χ2v) is 5.33. The topological polar surface area (TPSA) is 41.1 Å². The van der Waals surface area contributed by atoms with E-state index in [1.807, 2.05) is 18.5 Å². The highest BCUT2D eigenvalue weighted by molar-refractivity contribution is 5.20. The molecule has 1 fully saturated rings. The highest BCUT2D eigenvalue weighted by Crippen LogP contribution is 2.24. The maximum atomic E-state index is 4.35. The highest BCUT2D eigenvalue weighted by Gasteiger charge is 2.27. The Morgan fingerprint density at radius 2 is 1.90 bits per heavy atom. The van der Waals surface area contributed by atoms with Crippen LogP contribution in [0.2, 0.25) is 0 Å². The number of piperazine rings is 1. The number of benzene rings is 1. The van der Waals surface area contributed by atoms with E-state index in [9.17, 15) is 0 Å². The molecular formula is C16H20N4. The summed E-state index contributed by atoms with van der Waals surface area (Å²) in [6, 6.07) is 13.4. The molecule has 1 aliphatic heterocycles. The summed E-state index contributed by atoms with van der Waals surface area (Å²) < 4.78 is 0. The van der Waals surface area contributed by atoms with Gasteiger partial charge in [-0.05, 0) is 18.6 Å². The maximum absolute atomic E-state index is 4.35. The summed E-state index contributed by atoms with van der Waals surface area (Å²) in [4.78, 5) is 11.2. The van der Waals surface area contributed by atoms with Crippen molar-refractivity contribution >= 4 is 0 Å². The quantitative estimate of drug-likeness (QED) is 0.924. The fraction of sp³-hybridized carbons (Fsp3) is 0.375. The van der Waals surface area contributed by atoms with Crippen LogP contribution in [-0.2, 0) is 6.54 Å². The lowest BCUT2D eigenvalue weighted by Crippen LogP contribution is -2.50. The molecule has 1 N–H and O–H groups in total. The lowest BCUT2D eigenvalue weighted by molar-refractivity contribution is 0.124. The molecule has 104 valence electrons. The molecule has 0 bridgehead atoms. The van der Waals surface area contributed by atoms with Gasteiger partial charge >= 0.3 is 0 Å². The maximum Gasteiger partial charge on any atom is 0.142 e. The lowest BCUT2D eigenvalue weighted by Gasteiger charge is -2.39. The van der Waals surface area contributed by atoms with Gasteiger partial charge < -0.3 is 5.32 Å². The van der Waals surface area contributed by atoms with E-state index in [0.717, 1.165) is 25.5 Å². The van der Waals surface area contributed by atoms with E-state index in [4.69, 9.17) is 0 Å². The van der Waals surface area contributed by atoms with Gasteiger partial charge in [-0.15, -0.1) is 0 Å². The monoisotopic (exact) mass is 268 g/mol. The Morgan fingerprint density at radius 1 is 1.15 bits per heavy atom. The minimum Gasteiger partial charge on any atom is -0.311 e. The third-order valence-corrected chi connectivity index (χ3v) is 3.76. The largest absolute Gasteiger partial charge is 0.311 e. The average molecular weight is 268 g/mol. The normalized spacial score (nSPS) is 23.6. The van der Waals surface area contributed by atoms with Crippen molar-refractivity contribution in [2.75, 3.05) is 13.1 Å². The van der Waals surface area contributed by atoms with E-state index in [1.54, 1.807) is 0 Å². The molecule has 4 nitrogen and oxygen atoms in total. The molecule has 2 heterocycles.